The smallest absolute Gasteiger partial charge is 0.387 e. The molecule has 0 aliphatic carbocycles. The lowest BCUT2D eigenvalue weighted by molar-refractivity contribution is -0.0505. The Morgan fingerprint density at radius 2 is 2.09 bits per heavy atom. The molecule has 124 valence electrons. The van der Waals surface area contributed by atoms with Crippen molar-refractivity contribution in [3.63, 3.8) is 0 Å². The molecule has 1 atom stereocenters. The van der Waals surface area contributed by atoms with E-state index in [4.69, 9.17) is 9.47 Å². The molecule has 1 aromatic carbocycles. The van der Waals surface area contributed by atoms with Crippen LogP contribution in [0, 0.1) is 6.92 Å². The summed E-state index contributed by atoms with van der Waals surface area (Å²) in [7, 11) is 0. The van der Waals surface area contributed by atoms with Gasteiger partial charge in [0.15, 0.2) is 11.5 Å². The van der Waals surface area contributed by atoms with Gasteiger partial charge in [0, 0.05) is 35.3 Å². The van der Waals surface area contributed by atoms with Crippen LogP contribution in [0.2, 0.25) is 0 Å². The Morgan fingerprint density at radius 1 is 1.35 bits per heavy atom. The van der Waals surface area contributed by atoms with Crippen LogP contribution in [-0.2, 0) is 6.54 Å². The third kappa shape index (κ3) is 3.70. The average Bonchev–Trinajstić information content (AvgIpc) is 3.12. The summed E-state index contributed by atoms with van der Waals surface area (Å²) in [6.45, 7) is 1.48. The lowest BCUT2D eigenvalue weighted by Crippen LogP contribution is -2.18. The molecule has 3 rings (SSSR count). The van der Waals surface area contributed by atoms with Crippen molar-refractivity contribution < 1.29 is 23.0 Å². The number of hydrogen-bond donors (Lipinski definition) is 1. The molecule has 1 aliphatic rings. The maximum absolute atomic E-state index is 12.6. The zero-order valence-electron chi connectivity index (χ0n) is 12.6. The first-order chi connectivity index (χ1) is 11.0. The van der Waals surface area contributed by atoms with Gasteiger partial charge >= 0.3 is 6.61 Å². The zero-order chi connectivity index (χ0) is 16.4. The number of halogens is 2. The van der Waals surface area contributed by atoms with Crippen LogP contribution in [0.15, 0.2) is 18.3 Å². The molecule has 0 unspecified atom stereocenters. The van der Waals surface area contributed by atoms with E-state index in [1.807, 2.05) is 20.0 Å². The van der Waals surface area contributed by atoms with E-state index in [9.17, 15) is 8.78 Å². The summed E-state index contributed by atoms with van der Waals surface area (Å²) in [4.78, 5) is 5.30. The predicted octanol–water partition coefficient (Wildman–Crippen LogP) is 3.63. The topological polar surface area (TPSA) is 52.6 Å². The number of aryl methyl sites for hydroxylation is 1. The van der Waals surface area contributed by atoms with E-state index in [0.717, 1.165) is 9.88 Å². The number of benzene rings is 1. The molecule has 0 spiro atoms. The molecule has 1 aromatic heterocycles. The van der Waals surface area contributed by atoms with Gasteiger partial charge in [-0.05, 0) is 19.9 Å². The van der Waals surface area contributed by atoms with Crippen LogP contribution >= 0.6 is 11.3 Å². The van der Waals surface area contributed by atoms with Crippen LogP contribution < -0.4 is 19.5 Å². The second-order valence-electron chi connectivity index (χ2n) is 5.08. The summed E-state index contributed by atoms with van der Waals surface area (Å²) in [6.07, 6.45) is 1.81. The molecule has 0 bridgehead atoms. The minimum Gasteiger partial charge on any atom is -0.454 e. The summed E-state index contributed by atoms with van der Waals surface area (Å²) in [5.41, 5.74) is 0.586. The Labute approximate surface area is 136 Å². The number of rotatable bonds is 6. The number of fused-ring (bicyclic) bond motifs is 1. The van der Waals surface area contributed by atoms with Crippen LogP contribution in [0.25, 0.3) is 0 Å². The fourth-order valence-electron chi connectivity index (χ4n) is 2.25. The number of aromatic nitrogens is 1. The molecule has 0 amide bonds. The SMILES string of the molecule is Cc1ncc([C@@H](C)NCc2cc3c(cc2OC(F)F)OCO3)s1. The van der Waals surface area contributed by atoms with Gasteiger partial charge in [-0.15, -0.1) is 11.3 Å². The van der Waals surface area contributed by atoms with Gasteiger partial charge in [0.2, 0.25) is 6.79 Å². The van der Waals surface area contributed by atoms with E-state index in [1.54, 1.807) is 17.4 Å². The Hall–Kier alpha value is -1.93. The lowest BCUT2D eigenvalue weighted by atomic mass is 10.1. The fraction of sp³-hybridized carbons (Fsp3) is 0.400. The van der Waals surface area contributed by atoms with Crippen molar-refractivity contribution in [1.82, 2.24) is 10.3 Å². The van der Waals surface area contributed by atoms with E-state index in [2.05, 4.69) is 15.0 Å². The molecule has 1 N–H and O–H groups in total. The van der Waals surface area contributed by atoms with Gasteiger partial charge in [-0.25, -0.2) is 4.98 Å². The van der Waals surface area contributed by atoms with Crippen LogP contribution in [0.5, 0.6) is 17.2 Å². The highest BCUT2D eigenvalue weighted by atomic mass is 32.1. The van der Waals surface area contributed by atoms with Crippen LogP contribution in [0.3, 0.4) is 0 Å². The second-order valence-corrected chi connectivity index (χ2v) is 6.34. The van der Waals surface area contributed by atoms with Gasteiger partial charge in [0.05, 0.1) is 5.01 Å². The summed E-state index contributed by atoms with van der Waals surface area (Å²) >= 11 is 1.60. The molecule has 2 heterocycles. The summed E-state index contributed by atoms with van der Waals surface area (Å²) in [6, 6.07) is 3.15. The standard InChI is InChI=1S/C15H16F2N2O3S/c1-8(14-6-19-9(2)23-14)18-5-10-3-12-13(21-7-20-12)4-11(10)22-15(16)17/h3-4,6,8,15,18H,5,7H2,1-2H3/t8-/m1/s1. The van der Waals surface area contributed by atoms with Crippen LogP contribution in [0.1, 0.15) is 28.4 Å². The highest BCUT2D eigenvalue weighted by Gasteiger charge is 2.20. The van der Waals surface area contributed by atoms with Crippen molar-refractivity contribution >= 4 is 11.3 Å². The van der Waals surface area contributed by atoms with Gasteiger partial charge in [0.1, 0.15) is 5.75 Å². The molecular formula is C15H16F2N2O3S. The number of nitrogens with one attached hydrogen (secondary N) is 1. The van der Waals surface area contributed by atoms with Crippen molar-refractivity contribution in [2.75, 3.05) is 6.79 Å². The van der Waals surface area contributed by atoms with E-state index < -0.39 is 6.61 Å². The van der Waals surface area contributed by atoms with E-state index in [0.29, 0.717) is 23.6 Å². The monoisotopic (exact) mass is 342 g/mol. The first kappa shape index (κ1) is 15.9. The van der Waals surface area contributed by atoms with Gasteiger partial charge in [-0.2, -0.15) is 8.78 Å². The highest BCUT2D eigenvalue weighted by molar-refractivity contribution is 7.11. The molecule has 2 aromatic rings. The Balaban J connectivity index is 1.75. The lowest BCUT2D eigenvalue weighted by Gasteiger charge is -2.15. The number of alkyl halides is 2. The Bertz CT molecular complexity index is 693. The number of thiazole rings is 1. The van der Waals surface area contributed by atoms with E-state index >= 15 is 0 Å². The molecule has 0 fully saturated rings. The van der Waals surface area contributed by atoms with Gasteiger partial charge in [0.25, 0.3) is 0 Å². The molecule has 8 heteroatoms. The third-order valence-corrected chi connectivity index (χ3v) is 4.53. The molecule has 23 heavy (non-hydrogen) atoms. The normalized spacial score (nSPS) is 14.3. The molecule has 0 radical (unpaired) electrons. The summed E-state index contributed by atoms with van der Waals surface area (Å²) < 4.78 is 40.3. The van der Waals surface area contributed by atoms with Crippen molar-refractivity contribution in [1.29, 1.82) is 0 Å². The van der Waals surface area contributed by atoms with Gasteiger partial charge < -0.3 is 19.5 Å². The Kier molecular flexibility index (Phi) is 4.63. The second kappa shape index (κ2) is 6.67. The highest BCUT2D eigenvalue weighted by Crippen LogP contribution is 2.38. The first-order valence-electron chi connectivity index (χ1n) is 7.06. The Morgan fingerprint density at radius 3 is 2.74 bits per heavy atom. The fourth-order valence-corrected chi connectivity index (χ4v) is 3.06. The summed E-state index contributed by atoms with van der Waals surface area (Å²) in [5.74, 6) is 1.03. The van der Waals surface area contributed by atoms with Crippen molar-refractivity contribution in [3.05, 3.63) is 33.8 Å². The summed E-state index contributed by atoms with van der Waals surface area (Å²) in [5, 5.41) is 4.27. The zero-order valence-corrected chi connectivity index (χ0v) is 13.5. The number of nitrogens with zero attached hydrogens (tertiary/aromatic N) is 1. The molecular weight excluding hydrogens is 326 g/mol. The van der Waals surface area contributed by atoms with Crippen molar-refractivity contribution in [2.24, 2.45) is 0 Å². The van der Waals surface area contributed by atoms with Crippen LogP contribution in [-0.4, -0.2) is 18.4 Å². The van der Waals surface area contributed by atoms with Gasteiger partial charge in [-0.1, -0.05) is 0 Å². The number of ether oxygens (including phenoxy) is 3. The largest absolute Gasteiger partial charge is 0.454 e. The van der Waals surface area contributed by atoms with E-state index in [1.165, 1.54) is 6.07 Å². The minimum absolute atomic E-state index is 0.0472. The third-order valence-electron chi connectivity index (χ3n) is 3.44. The van der Waals surface area contributed by atoms with E-state index in [-0.39, 0.29) is 18.6 Å². The number of hydrogen-bond acceptors (Lipinski definition) is 6. The van der Waals surface area contributed by atoms with Gasteiger partial charge in [-0.3, -0.25) is 0 Å². The molecule has 1 aliphatic heterocycles. The minimum atomic E-state index is -2.89. The van der Waals surface area contributed by atoms with Crippen molar-refractivity contribution in [2.45, 2.75) is 33.0 Å². The first-order valence-corrected chi connectivity index (χ1v) is 7.87. The molecule has 5 nitrogen and oxygen atoms in total. The molecule has 0 saturated heterocycles. The van der Waals surface area contributed by atoms with Crippen molar-refractivity contribution in [3.8, 4) is 17.2 Å². The average molecular weight is 342 g/mol. The maximum atomic E-state index is 12.6. The quantitative estimate of drug-likeness (QED) is 0.869. The molecule has 0 saturated carbocycles. The predicted molar refractivity (Wildman–Crippen MR) is 81.3 cm³/mol. The maximum Gasteiger partial charge on any atom is 0.387 e. The van der Waals surface area contributed by atoms with Crippen LogP contribution in [0.4, 0.5) is 8.78 Å².